The van der Waals surface area contributed by atoms with Crippen LogP contribution in [0.5, 0.6) is 11.5 Å². The fourth-order valence-electron chi connectivity index (χ4n) is 3.75. The molecule has 2 aliphatic heterocycles. The summed E-state index contributed by atoms with van der Waals surface area (Å²) >= 11 is 0. The number of amides is 2. The molecule has 148 valence electrons. The zero-order chi connectivity index (χ0) is 19.8. The third-order valence-corrected chi connectivity index (χ3v) is 5.34. The highest BCUT2D eigenvalue weighted by Crippen LogP contribution is 2.31. The third kappa shape index (κ3) is 3.16. The maximum absolute atomic E-state index is 12.9. The number of nitrogens with zero attached hydrogens (tertiary/aromatic N) is 3. The van der Waals surface area contributed by atoms with E-state index in [1.807, 2.05) is 42.5 Å². The van der Waals surface area contributed by atoms with E-state index >= 15 is 0 Å². The number of carbonyl (C=O) groups is 2. The van der Waals surface area contributed by atoms with Gasteiger partial charge in [-0.25, -0.2) is 0 Å². The summed E-state index contributed by atoms with van der Waals surface area (Å²) in [4.78, 5) is 29.2. The number of aromatic amines is 1. The molecule has 0 radical (unpaired) electrons. The summed E-state index contributed by atoms with van der Waals surface area (Å²) in [6.45, 7) is 2.00. The number of fused-ring (bicyclic) bond motifs is 2. The first-order chi connectivity index (χ1) is 14.2. The molecule has 3 aromatic rings. The molecule has 1 saturated heterocycles. The van der Waals surface area contributed by atoms with Crippen molar-refractivity contribution in [3.05, 3.63) is 54.2 Å². The second kappa shape index (κ2) is 7.12. The lowest BCUT2D eigenvalue weighted by Crippen LogP contribution is -2.55. The molecule has 29 heavy (non-hydrogen) atoms. The maximum atomic E-state index is 12.9. The van der Waals surface area contributed by atoms with Crippen molar-refractivity contribution >= 4 is 22.7 Å². The molecule has 1 unspecified atom stereocenters. The first-order valence-corrected chi connectivity index (χ1v) is 9.60. The monoisotopic (exact) mass is 392 g/mol. The predicted octanol–water partition coefficient (Wildman–Crippen LogP) is 1.69. The van der Waals surface area contributed by atoms with E-state index in [2.05, 4.69) is 10.2 Å². The molecule has 1 N–H and O–H groups in total. The molecule has 2 aliphatic rings. The number of nitrogens with one attached hydrogen (secondary N) is 1. The molecule has 5 rings (SSSR count). The first-order valence-electron chi connectivity index (χ1n) is 9.60. The van der Waals surface area contributed by atoms with E-state index in [4.69, 9.17) is 9.47 Å². The predicted molar refractivity (Wildman–Crippen MR) is 105 cm³/mol. The van der Waals surface area contributed by atoms with Gasteiger partial charge < -0.3 is 19.3 Å². The SMILES string of the molecule is O=C(c1n[nH]c2ccccc12)N1CCN(C(=O)C2COc3ccccc3O2)CC1. The summed E-state index contributed by atoms with van der Waals surface area (Å²) in [6.07, 6.45) is -0.664. The van der Waals surface area contributed by atoms with Gasteiger partial charge in [0.05, 0.1) is 5.52 Å². The number of rotatable bonds is 2. The van der Waals surface area contributed by atoms with Crippen LogP contribution in [0.4, 0.5) is 0 Å². The van der Waals surface area contributed by atoms with E-state index in [0.29, 0.717) is 43.4 Å². The van der Waals surface area contributed by atoms with Crippen molar-refractivity contribution in [1.29, 1.82) is 0 Å². The molecule has 0 saturated carbocycles. The lowest BCUT2D eigenvalue weighted by molar-refractivity contribution is -0.142. The molecule has 2 aromatic carbocycles. The van der Waals surface area contributed by atoms with Crippen molar-refractivity contribution in [2.24, 2.45) is 0 Å². The number of para-hydroxylation sites is 3. The molecule has 1 atom stereocenters. The molecular formula is C21H20N4O4. The van der Waals surface area contributed by atoms with Crippen LogP contribution in [0.3, 0.4) is 0 Å². The van der Waals surface area contributed by atoms with Gasteiger partial charge in [0.1, 0.15) is 6.61 Å². The van der Waals surface area contributed by atoms with Crippen LogP contribution in [0, 0.1) is 0 Å². The van der Waals surface area contributed by atoms with E-state index in [1.54, 1.807) is 15.9 Å². The van der Waals surface area contributed by atoms with Gasteiger partial charge in [0.15, 0.2) is 17.2 Å². The Morgan fingerprint density at radius 3 is 2.45 bits per heavy atom. The molecule has 0 spiro atoms. The molecule has 2 amide bonds. The van der Waals surface area contributed by atoms with E-state index in [-0.39, 0.29) is 18.4 Å². The number of aromatic nitrogens is 2. The Bertz CT molecular complexity index is 1070. The van der Waals surface area contributed by atoms with Crippen molar-refractivity contribution in [1.82, 2.24) is 20.0 Å². The highest BCUT2D eigenvalue weighted by Gasteiger charge is 2.34. The van der Waals surface area contributed by atoms with Crippen molar-refractivity contribution in [2.75, 3.05) is 32.8 Å². The molecule has 0 bridgehead atoms. The number of hydrogen-bond acceptors (Lipinski definition) is 5. The molecule has 1 aromatic heterocycles. The minimum atomic E-state index is -0.664. The summed E-state index contributed by atoms with van der Waals surface area (Å²) in [5.41, 5.74) is 1.25. The smallest absolute Gasteiger partial charge is 0.275 e. The number of hydrogen-bond donors (Lipinski definition) is 1. The van der Waals surface area contributed by atoms with E-state index in [0.717, 1.165) is 10.9 Å². The second-order valence-corrected chi connectivity index (χ2v) is 7.10. The second-order valence-electron chi connectivity index (χ2n) is 7.10. The van der Waals surface area contributed by atoms with Crippen LogP contribution in [0.25, 0.3) is 10.9 Å². The first kappa shape index (κ1) is 17.5. The van der Waals surface area contributed by atoms with Crippen LogP contribution < -0.4 is 9.47 Å². The number of benzene rings is 2. The summed E-state index contributed by atoms with van der Waals surface area (Å²) in [5, 5.41) is 7.89. The van der Waals surface area contributed by atoms with E-state index < -0.39 is 6.10 Å². The number of H-pyrrole nitrogens is 1. The summed E-state index contributed by atoms with van der Waals surface area (Å²) in [6, 6.07) is 14.9. The molecule has 3 heterocycles. The lowest BCUT2D eigenvalue weighted by Gasteiger charge is -2.37. The Kier molecular flexibility index (Phi) is 4.31. The zero-order valence-electron chi connectivity index (χ0n) is 15.7. The molecular weight excluding hydrogens is 372 g/mol. The minimum Gasteiger partial charge on any atom is -0.485 e. The van der Waals surface area contributed by atoms with E-state index in [9.17, 15) is 9.59 Å². The summed E-state index contributed by atoms with van der Waals surface area (Å²) in [7, 11) is 0. The molecule has 8 heteroatoms. The van der Waals surface area contributed by atoms with Gasteiger partial charge in [-0.1, -0.05) is 30.3 Å². The van der Waals surface area contributed by atoms with Gasteiger partial charge in [-0.2, -0.15) is 5.10 Å². The molecule has 8 nitrogen and oxygen atoms in total. The van der Waals surface area contributed by atoms with Crippen LogP contribution in [0.15, 0.2) is 48.5 Å². The molecule has 0 aliphatic carbocycles. The topological polar surface area (TPSA) is 87.8 Å². The number of piperazine rings is 1. The third-order valence-electron chi connectivity index (χ3n) is 5.34. The van der Waals surface area contributed by atoms with Crippen LogP contribution in [-0.4, -0.2) is 70.7 Å². The largest absolute Gasteiger partial charge is 0.485 e. The maximum Gasteiger partial charge on any atom is 0.275 e. The van der Waals surface area contributed by atoms with Gasteiger partial charge in [0.25, 0.3) is 11.8 Å². The average molecular weight is 392 g/mol. The Morgan fingerprint density at radius 1 is 0.931 bits per heavy atom. The lowest BCUT2D eigenvalue weighted by atomic mass is 10.1. The van der Waals surface area contributed by atoms with Crippen molar-refractivity contribution in [3.8, 4) is 11.5 Å². The highest BCUT2D eigenvalue weighted by molar-refractivity contribution is 6.04. The standard InChI is InChI=1S/C21H20N4O4/c26-20(18-13-28-16-7-3-4-8-17(16)29-18)24-9-11-25(12-10-24)21(27)19-14-5-1-2-6-15(14)22-23-19/h1-8,18H,9-13H2,(H,22,23). The Balaban J connectivity index is 1.22. The fourth-order valence-corrected chi connectivity index (χ4v) is 3.75. The quantitative estimate of drug-likeness (QED) is 0.717. The Hall–Kier alpha value is -3.55. The van der Waals surface area contributed by atoms with Gasteiger partial charge in [-0.15, -0.1) is 0 Å². The van der Waals surface area contributed by atoms with Crippen LogP contribution >= 0.6 is 0 Å². The van der Waals surface area contributed by atoms with Crippen LogP contribution in [0.1, 0.15) is 10.5 Å². The van der Waals surface area contributed by atoms with Crippen molar-refractivity contribution in [3.63, 3.8) is 0 Å². The molecule has 1 fully saturated rings. The average Bonchev–Trinajstić information content (AvgIpc) is 3.22. The van der Waals surface area contributed by atoms with Crippen LogP contribution in [0.2, 0.25) is 0 Å². The van der Waals surface area contributed by atoms with Gasteiger partial charge in [-0.3, -0.25) is 14.7 Å². The number of carbonyl (C=O) groups excluding carboxylic acids is 2. The van der Waals surface area contributed by atoms with Gasteiger partial charge >= 0.3 is 0 Å². The van der Waals surface area contributed by atoms with E-state index in [1.165, 1.54) is 0 Å². The van der Waals surface area contributed by atoms with Crippen LogP contribution in [-0.2, 0) is 4.79 Å². The minimum absolute atomic E-state index is 0.114. The Morgan fingerprint density at radius 2 is 1.62 bits per heavy atom. The normalized spacial score (nSPS) is 18.7. The number of ether oxygens (including phenoxy) is 2. The highest BCUT2D eigenvalue weighted by atomic mass is 16.6. The van der Waals surface area contributed by atoms with Crippen molar-refractivity contribution in [2.45, 2.75) is 6.10 Å². The Labute approximate surface area is 167 Å². The van der Waals surface area contributed by atoms with Gasteiger partial charge in [0, 0.05) is 31.6 Å². The fraction of sp³-hybridized carbons (Fsp3) is 0.286. The van der Waals surface area contributed by atoms with Gasteiger partial charge in [-0.05, 0) is 18.2 Å². The summed E-state index contributed by atoms with van der Waals surface area (Å²) in [5.74, 6) is 0.993. The van der Waals surface area contributed by atoms with Crippen molar-refractivity contribution < 1.29 is 19.1 Å². The zero-order valence-corrected chi connectivity index (χ0v) is 15.7. The van der Waals surface area contributed by atoms with Gasteiger partial charge in [0.2, 0.25) is 6.10 Å². The summed E-state index contributed by atoms with van der Waals surface area (Å²) < 4.78 is 11.5.